The number of nitrogens with two attached hydrogens (primary N) is 1. The van der Waals surface area contributed by atoms with E-state index in [0.29, 0.717) is 17.8 Å². The Labute approximate surface area is 128 Å². The van der Waals surface area contributed by atoms with E-state index in [1.807, 2.05) is 6.92 Å². The highest BCUT2D eigenvalue weighted by Crippen LogP contribution is 2.23. The van der Waals surface area contributed by atoms with Crippen LogP contribution in [0.5, 0.6) is 0 Å². The number of rotatable bonds is 5. The third kappa shape index (κ3) is 3.36. The summed E-state index contributed by atoms with van der Waals surface area (Å²) in [7, 11) is 0. The van der Waals surface area contributed by atoms with Crippen molar-refractivity contribution in [2.75, 3.05) is 25.0 Å². The normalized spacial score (nSPS) is 20.7. The van der Waals surface area contributed by atoms with Crippen molar-refractivity contribution >= 4 is 23.5 Å². The van der Waals surface area contributed by atoms with Crippen LogP contribution in [-0.4, -0.2) is 47.4 Å². The molecule has 0 saturated carbocycles. The number of hydrogen-bond donors (Lipinski definition) is 3. The van der Waals surface area contributed by atoms with E-state index in [0.717, 1.165) is 0 Å². The zero-order chi connectivity index (χ0) is 16.3. The van der Waals surface area contributed by atoms with Crippen LogP contribution in [0.15, 0.2) is 24.3 Å². The lowest BCUT2D eigenvalue weighted by molar-refractivity contribution is -0.142. The molecule has 2 rings (SSSR count). The molecule has 1 saturated heterocycles. The molecule has 4 N–H and O–H groups in total. The number of amides is 2. The van der Waals surface area contributed by atoms with E-state index in [4.69, 9.17) is 10.8 Å². The number of hydrogen-bond acceptors (Lipinski definition) is 4. The van der Waals surface area contributed by atoms with Gasteiger partial charge in [0, 0.05) is 18.8 Å². The Morgan fingerprint density at radius 2 is 2.00 bits per heavy atom. The van der Waals surface area contributed by atoms with Gasteiger partial charge >= 0.3 is 5.97 Å². The second kappa shape index (κ2) is 6.46. The fourth-order valence-corrected chi connectivity index (χ4v) is 2.63. The lowest BCUT2D eigenvalue weighted by Gasteiger charge is -2.17. The number of para-hydroxylation sites is 1. The number of nitrogens with one attached hydrogen (secondary N) is 1. The zero-order valence-corrected chi connectivity index (χ0v) is 12.3. The van der Waals surface area contributed by atoms with Gasteiger partial charge < -0.3 is 21.1 Å². The van der Waals surface area contributed by atoms with E-state index in [1.165, 1.54) is 4.90 Å². The fraction of sp³-hybridized carbons (Fsp3) is 0.400. The van der Waals surface area contributed by atoms with Crippen molar-refractivity contribution in [3.05, 3.63) is 29.8 Å². The number of carbonyl (C=O) groups is 3. The molecule has 118 valence electrons. The minimum absolute atomic E-state index is 0.0106. The molecule has 1 aliphatic heterocycles. The van der Waals surface area contributed by atoms with Crippen molar-refractivity contribution in [1.82, 2.24) is 4.90 Å². The molecule has 22 heavy (non-hydrogen) atoms. The maximum absolute atomic E-state index is 12.2. The lowest BCUT2D eigenvalue weighted by atomic mass is 9.99. The van der Waals surface area contributed by atoms with Crippen LogP contribution in [0.1, 0.15) is 17.3 Å². The van der Waals surface area contributed by atoms with Crippen LogP contribution in [0.3, 0.4) is 0 Å². The van der Waals surface area contributed by atoms with Gasteiger partial charge in [0.25, 0.3) is 5.91 Å². The van der Waals surface area contributed by atoms with Gasteiger partial charge in [-0.25, -0.2) is 0 Å². The summed E-state index contributed by atoms with van der Waals surface area (Å²) in [4.78, 5) is 36.1. The van der Waals surface area contributed by atoms with Crippen LogP contribution in [0.25, 0.3) is 0 Å². The van der Waals surface area contributed by atoms with Crippen LogP contribution in [-0.2, 0) is 9.59 Å². The largest absolute Gasteiger partial charge is 0.481 e. The third-order valence-electron chi connectivity index (χ3n) is 3.90. The highest BCUT2D eigenvalue weighted by molar-refractivity contribution is 5.99. The van der Waals surface area contributed by atoms with E-state index in [-0.39, 0.29) is 24.9 Å². The summed E-state index contributed by atoms with van der Waals surface area (Å²) in [6.07, 6.45) is 0. The molecule has 0 spiro atoms. The van der Waals surface area contributed by atoms with E-state index in [9.17, 15) is 14.4 Å². The molecule has 0 aliphatic carbocycles. The van der Waals surface area contributed by atoms with E-state index in [1.54, 1.807) is 24.3 Å². The van der Waals surface area contributed by atoms with Gasteiger partial charge in [-0.2, -0.15) is 0 Å². The molecule has 1 heterocycles. The van der Waals surface area contributed by atoms with Crippen molar-refractivity contribution in [3.63, 3.8) is 0 Å². The molecule has 0 aromatic heterocycles. The summed E-state index contributed by atoms with van der Waals surface area (Å²) in [6.45, 7) is 2.45. The summed E-state index contributed by atoms with van der Waals surface area (Å²) in [5, 5.41) is 12.0. The summed E-state index contributed by atoms with van der Waals surface area (Å²) in [5.74, 6) is -2.25. The Balaban J connectivity index is 1.97. The number of benzene rings is 1. The van der Waals surface area contributed by atoms with Gasteiger partial charge in [-0.05, 0) is 18.1 Å². The van der Waals surface area contributed by atoms with E-state index in [2.05, 4.69) is 5.32 Å². The minimum Gasteiger partial charge on any atom is -0.481 e. The molecule has 0 bridgehead atoms. The maximum atomic E-state index is 12.2. The molecule has 2 atom stereocenters. The molecule has 1 fully saturated rings. The average Bonchev–Trinajstić information content (AvgIpc) is 2.87. The van der Waals surface area contributed by atoms with Gasteiger partial charge in [-0.15, -0.1) is 0 Å². The van der Waals surface area contributed by atoms with Gasteiger partial charge in [0.1, 0.15) is 0 Å². The standard InChI is InChI=1S/C15H19N3O4/c1-9-7-18(8-11(9)15(21)22)13(19)6-17-12-5-3-2-4-10(12)14(16)20/h2-5,9,11,17H,6-8H2,1H3,(H2,16,20)(H,21,22)/t9-,11-/m1/s1. The van der Waals surface area contributed by atoms with E-state index >= 15 is 0 Å². The predicted molar refractivity (Wildman–Crippen MR) is 80.3 cm³/mol. The Morgan fingerprint density at radius 3 is 2.59 bits per heavy atom. The summed E-state index contributed by atoms with van der Waals surface area (Å²) < 4.78 is 0. The van der Waals surface area contributed by atoms with Gasteiger partial charge in [0.2, 0.25) is 5.91 Å². The molecule has 0 radical (unpaired) electrons. The van der Waals surface area contributed by atoms with Gasteiger partial charge in [0.15, 0.2) is 0 Å². The number of nitrogens with zero attached hydrogens (tertiary/aromatic N) is 1. The highest BCUT2D eigenvalue weighted by atomic mass is 16.4. The van der Waals surface area contributed by atoms with Crippen molar-refractivity contribution in [1.29, 1.82) is 0 Å². The summed E-state index contributed by atoms with van der Waals surface area (Å²) in [5.41, 5.74) is 6.08. The molecule has 7 heteroatoms. The molecule has 1 aromatic carbocycles. The SMILES string of the molecule is C[C@@H]1CN(C(=O)CNc2ccccc2C(N)=O)C[C@H]1C(=O)O. The Hall–Kier alpha value is -2.57. The third-order valence-corrected chi connectivity index (χ3v) is 3.90. The number of carboxylic acid groups (broad SMARTS) is 1. The first-order valence-corrected chi connectivity index (χ1v) is 7.03. The predicted octanol–water partition coefficient (Wildman–Crippen LogP) is 0.377. The monoisotopic (exact) mass is 305 g/mol. The average molecular weight is 305 g/mol. The van der Waals surface area contributed by atoms with Gasteiger partial charge in [-0.1, -0.05) is 19.1 Å². The van der Waals surface area contributed by atoms with Crippen molar-refractivity contribution in [2.24, 2.45) is 17.6 Å². The Bertz CT molecular complexity index is 602. The second-order valence-corrected chi connectivity index (χ2v) is 5.48. The highest BCUT2D eigenvalue weighted by Gasteiger charge is 2.36. The van der Waals surface area contributed by atoms with Crippen molar-refractivity contribution in [3.8, 4) is 0 Å². The minimum atomic E-state index is -0.880. The number of carboxylic acids is 1. The smallest absolute Gasteiger partial charge is 0.308 e. The quantitative estimate of drug-likeness (QED) is 0.728. The first kappa shape index (κ1) is 15.8. The number of anilines is 1. The van der Waals surface area contributed by atoms with Crippen LogP contribution < -0.4 is 11.1 Å². The first-order chi connectivity index (χ1) is 10.4. The van der Waals surface area contributed by atoms with E-state index < -0.39 is 17.8 Å². The number of likely N-dealkylation sites (tertiary alicyclic amines) is 1. The second-order valence-electron chi connectivity index (χ2n) is 5.48. The maximum Gasteiger partial charge on any atom is 0.308 e. The molecule has 1 aromatic rings. The zero-order valence-electron chi connectivity index (χ0n) is 12.3. The molecular weight excluding hydrogens is 286 g/mol. The van der Waals surface area contributed by atoms with Crippen molar-refractivity contribution in [2.45, 2.75) is 6.92 Å². The first-order valence-electron chi connectivity index (χ1n) is 7.03. The van der Waals surface area contributed by atoms with Gasteiger partial charge in [0.05, 0.1) is 18.0 Å². The summed E-state index contributed by atoms with van der Waals surface area (Å²) in [6, 6.07) is 6.66. The fourth-order valence-electron chi connectivity index (χ4n) is 2.63. The Morgan fingerprint density at radius 1 is 1.32 bits per heavy atom. The van der Waals surface area contributed by atoms with Crippen LogP contribution >= 0.6 is 0 Å². The summed E-state index contributed by atoms with van der Waals surface area (Å²) >= 11 is 0. The van der Waals surface area contributed by atoms with Gasteiger partial charge in [-0.3, -0.25) is 14.4 Å². The number of primary amides is 1. The van der Waals surface area contributed by atoms with Crippen molar-refractivity contribution < 1.29 is 19.5 Å². The molecule has 2 amide bonds. The number of carbonyl (C=O) groups excluding carboxylic acids is 2. The van der Waals surface area contributed by atoms with Crippen LogP contribution in [0.4, 0.5) is 5.69 Å². The molecular formula is C15H19N3O4. The Kier molecular flexibility index (Phi) is 4.65. The van der Waals surface area contributed by atoms with Crippen LogP contribution in [0, 0.1) is 11.8 Å². The van der Waals surface area contributed by atoms with Crippen LogP contribution in [0.2, 0.25) is 0 Å². The molecule has 0 unspecified atom stereocenters. The lowest BCUT2D eigenvalue weighted by Crippen LogP contribution is -2.34. The molecule has 1 aliphatic rings. The topological polar surface area (TPSA) is 113 Å². The molecule has 7 nitrogen and oxygen atoms in total. The number of aliphatic carboxylic acids is 1.